The van der Waals surface area contributed by atoms with Crippen molar-refractivity contribution in [2.75, 3.05) is 18.8 Å². The Hall–Kier alpha value is -1.02. The zero-order valence-electron chi connectivity index (χ0n) is 12.8. The third-order valence-electron chi connectivity index (χ3n) is 4.33. The molecule has 0 spiro atoms. The Labute approximate surface area is 124 Å². The van der Waals surface area contributed by atoms with Crippen molar-refractivity contribution in [2.45, 2.75) is 64.3 Å². The van der Waals surface area contributed by atoms with Crippen LogP contribution in [0, 0.1) is 0 Å². The Kier molecular flexibility index (Phi) is 6.93. The molecule has 0 aromatic heterocycles. The van der Waals surface area contributed by atoms with E-state index in [9.17, 15) is 0 Å². The van der Waals surface area contributed by atoms with Gasteiger partial charge < -0.3 is 5.73 Å². The summed E-state index contributed by atoms with van der Waals surface area (Å²) in [6.45, 7) is 3.59. The highest BCUT2D eigenvalue weighted by atomic mass is 15.1. The molecule has 0 saturated carbocycles. The van der Waals surface area contributed by atoms with Crippen LogP contribution in [-0.4, -0.2) is 18.0 Å². The molecule has 112 valence electrons. The van der Waals surface area contributed by atoms with Gasteiger partial charge in [-0.25, -0.2) is 0 Å². The molecular formula is C18H30N2. The maximum absolute atomic E-state index is 5.76. The highest BCUT2D eigenvalue weighted by Crippen LogP contribution is 2.15. The number of nitrogen functional groups attached to an aromatic ring is 1. The lowest BCUT2D eigenvalue weighted by molar-refractivity contribution is 0.250. The summed E-state index contributed by atoms with van der Waals surface area (Å²) in [7, 11) is 0. The topological polar surface area (TPSA) is 29.3 Å². The summed E-state index contributed by atoms with van der Waals surface area (Å²) in [6.07, 6.45) is 12.7. The van der Waals surface area contributed by atoms with Crippen molar-refractivity contribution in [3.8, 4) is 0 Å². The van der Waals surface area contributed by atoms with Crippen LogP contribution in [0.5, 0.6) is 0 Å². The quantitative estimate of drug-likeness (QED) is 0.799. The van der Waals surface area contributed by atoms with Gasteiger partial charge in [0.1, 0.15) is 0 Å². The highest BCUT2D eigenvalue weighted by Gasteiger charge is 2.07. The molecule has 1 heterocycles. The molecule has 1 fully saturated rings. The average molecular weight is 274 g/mol. The molecule has 0 radical (unpaired) electrons. The minimum absolute atomic E-state index is 0.863. The second kappa shape index (κ2) is 9.02. The fourth-order valence-electron chi connectivity index (χ4n) is 3.06. The van der Waals surface area contributed by atoms with E-state index in [0.29, 0.717) is 0 Å². The van der Waals surface area contributed by atoms with Crippen LogP contribution in [0.2, 0.25) is 0 Å². The lowest BCUT2D eigenvalue weighted by atomic mass is 10.1. The van der Waals surface area contributed by atoms with E-state index in [-0.39, 0.29) is 0 Å². The number of anilines is 1. The van der Waals surface area contributed by atoms with Crippen LogP contribution < -0.4 is 5.73 Å². The zero-order valence-corrected chi connectivity index (χ0v) is 12.8. The lowest BCUT2D eigenvalue weighted by Gasteiger charge is -2.23. The second-order valence-electron chi connectivity index (χ2n) is 6.20. The van der Waals surface area contributed by atoms with E-state index in [1.165, 1.54) is 76.4 Å². The van der Waals surface area contributed by atoms with E-state index in [2.05, 4.69) is 17.0 Å². The van der Waals surface area contributed by atoms with Crippen LogP contribution in [0.4, 0.5) is 5.69 Å². The summed E-state index contributed by atoms with van der Waals surface area (Å²) in [6, 6.07) is 8.38. The first-order valence-corrected chi connectivity index (χ1v) is 8.41. The molecule has 1 aromatic carbocycles. The van der Waals surface area contributed by atoms with E-state index < -0.39 is 0 Å². The molecule has 1 aliphatic heterocycles. The van der Waals surface area contributed by atoms with Gasteiger partial charge in [-0.3, -0.25) is 4.90 Å². The van der Waals surface area contributed by atoms with E-state index in [4.69, 9.17) is 5.73 Å². The van der Waals surface area contributed by atoms with Crippen molar-refractivity contribution in [1.29, 1.82) is 0 Å². The summed E-state index contributed by atoms with van der Waals surface area (Å²) in [5.41, 5.74) is 8.02. The predicted molar refractivity (Wildman–Crippen MR) is 87.7 cm³/mol. The number of hydrogen-bond donors (Lipinski definition) is 1. The van der Waals surface area contributed by atoms with Crippen molar-refractivity contribution >= 4 is 5.69 Å². The van der Waals surface area contributed by atoms with E-state index in [1.54, 1.807) is 0 Å². The molecule has 1 aromatic rings. The molecule has 0 unspecified atom stereocenters. The third kappa shape index (κ3) is 5.96. The van der Waals surface area contributed by atoms with Gasteiger partial charge in [-0.05, 0) is 43.6 Å². The van der Waals surface area contributed by atoms with E-state index in [1.807, 2.05) is 12.1 Å². The van der Waals surface area contributed by atoms with Gasteiger partial charge in [0.15, 0.2) is 0 Å². The number of nitrogens with zero attached hydrogens (tertiary/aromatic N) is 1. The number of nitrogens with two attached hydrogens (primary N) is 1. The Morgan fingerprint density at radius 3 is 1.65 bits per heavy atom. The molecule has 20 heavy (non-hydrogen) atoms. The maximum Gasteiger partial charge on any atom is 0.0314 e. The van der Waals surface area contributed by atoms with E-state index >= 15 is 0 Å². The van der Waals surface area contributed by atoms with Crippen molar-refractivity contribution in [1.82, 2.24) is 4.90 Å². The monoisotopic (exact) mass is 274 g/mol. The molecule has 2 N–H and O–H groups in total. The standard InChI is InChI=1S/C18H30N2/c19-18-12-10-17(11-13-18)16-20-14-8-6-4-2-1-3-5-7-9-15-20/h10-13H,1-9,14-16,19H2. The van der Waals surface area contributed by atoms with Gasteiger partial charge in [0, 0.05) is 12.2 Å². The number of hydrogen-bond acceptors (Lipinski definition) is 2. The first-order chi connectivity index (χ1) is 9.84. The van der Waals surface area contributed by atoms with Crippen LogP contribution in [0.25, 0.3) is 0 Å². The summed E-state index contributed by atoms with van der Waals surface area (Å²) >= 11 is 0. The normalized spacial score (nSPS) is 20.0. The highest BCUT2D eigenvalue weighted by molar-refractivity contribution is 5.39. The molecular weight excluding hydrogens is 244 g/mol. The molecule has 1 aliphatic rings. The zero-order chi connectivity index (χ0) is 14.0. The smallest absolute Gasteiger partial charge is 0.0314 e. The van der Waals surface area contributed by atoms with Gasteiger partial charge >= 0.3 is 0 Å². The first kappa shape index (κ1) is 15.4. The van der Waals surface area contributed by atoms with Gasteiger partial charge in [0.25, 0.3) is 0 Å². The number of benzene rings is 1. The van der Waals surface area contributed by atoms with Crippen LogP contribution >= 0.6 is 0 Å². The molecule has 1 saturated heterocycles. The lowest BCUT2D eigenvalue weighted by Crippen LogP contribution is -2.25. The minimum Gasteiger partial charge on any atom is -0.399 e. The van der Waals surface area contributed by atoms with Crippen LogP contribution in [-0.2, 0) is 6.54 Å². The van der Waals surface area contributed by atoms with Crippen LogP contribution in [0.1, 0.15) is 63.4 Å². The molecule has 0 bridgehead atoms. The molecule has 0 aliphatic carbocycles. The average Bonchev–Trinajstić information content (AvgIpc) is 2.44. The minimum atomic E-state index is 0.863. The predicted octanol–water partition coefficient (Wildman–Crippen LogP) is 4.60. The van der Waals surface area contributed by atoms with Gasteiger partial charge in [0.05, 0.1) is 0 Å². The Morgan fingerprint density at radius 1 is 0.700 bits per heavy atom. The summed E-state index contributed by atoms with van der Waals surface area (Å²) in [5.74, 6) is 0. The van der Waals surface area contributed by atoms with Gasteiger partial charge in [-0.2, -0.15) is 0 Å². The summed E-state index contributed by atoms with van der Waals surface area (Å²) < 4.78 is 0. The molecule has 2 heteroatoms. The van der Waals surface area contributed by atoms with Gasteiger partial charge in [0.2, 0.25) is 0 Å². The Morgan fingerprint density at radius 2 is 1.15 bits per heavy atom. The molecule has 0 atom stereocenters. The fraction of sp³-hybridized carbons (Fsp3) is 0.667. The Balaban J connectivity index is 1.83. The van der Waals surface area contributed by atoms with Crippen LogP contribution in [0.15, 0.2) is 24.3 Å². The molecule has 2 rings (SSSR count). The van der Waals surface area contributed by atoms with Gasteiger partial charge in [-0.1, -0.05) is 57.1 Å². The van der Waals surface area contributed by atoms with Crippen molar-refractivity contribution in [3.05, 3.63) is 29.8 Å². The van der Waals surface area contributed by atoms with Gasteiger partial charge in [-0.15, -0.1) is 0 Å². The van der Waals surface area contributed by atoms with Crippen molar-refractivity contribution in [3.63, 3.8) is 0 Å². The SMILES string of the molecule is Nc1ccc(CN2CCCCCCCCCCC2)cc1. The third-order valence-corrected chi connectivity index (χ3v) is 4.33. The number of rotatable bonds is 2. The maximum atomic E-state index is 5.76. The Bertz CT molecular complexity index is 346. The molecule has 0 amide bonds. The molecule has 2 nitrogen and oxygen atoms in total. The second-order valence-corrected chi connectivity index (χ2v) is 6.20. The van der Waals surface area contributed by atoms with Crippen molar-refractivity contribution in [2.24, 2.45) is 0 Å². The summed E-state index contributed by atoms with van der Waals surface area (Å²) in [4.78, 5) is 2.63. The fourth-order valence-corrected chi connectivity index (χ4v) is 3.06. The first-order valence-electron chi connectivity index (χ1n) is 8.41. The summed E-state index contributed by atoms with van der Waals surface area (Å²) in [5, 5.41) is 0. The largest absolute Gasteiger partial charge is 0.399 e. The van der Waals surface area contributed by atoms with Crippen molar-refractivity contribution < 1.29 is 0 Å². The van der Waals surface area contributed by atoms with Crippen LogP contribution in [0.3, 0.4) is 0 Å². The van der Waals surface area contributed by atoms with E-state index in [0.717, 1.165) is 12.2 Å².